The average Bonchev–Trinajstić information content (AvgIpc) is 2.86. The molecule has 98 valence electrons. The molecule has 0 unspecified atom stereocenters. The highest BCUT2D eigenvalue weighted by Gasteiger charge is 2.13. The van der Waals surface area contributed by atoms with E-state index in [2.05, 4.69) is 33.5 Å². The lowest BCUT2D eigenvalue weighted by molar-refractivity contribution is 0.415. The average molecular weight is 256 g/mol. The van der Waals surface area contributed by atoms with Crippen LogP contribution >= 0.6 is 0 Å². The van der Waals surface area contributed by atoms with Gasteiger partial charge in [-0.1, -0.05) is 6.07 Å². The molecule has 0 saturated carbocycles. The molecule has 2 aromatic rings. The van der Waals surface area contributed by atoms with Gasteiger partial charge in [-0.05, 0) is 42.5 Å². The quantitative estimate of drug-likeness (QED) is 0.881. The van der Waals surface area contributed by atoms with Crippen LogP contribution in [0.2, 0.25) is 0 Å². The number of hydrogen-bond donors (Lipinski definition) is 2. The first kappa shape index (κ1) is 11.8. The summed E-state index contributed by atoms with van der Waals surface area (Å²) in [7, 11) is 1.56. The lowest BCUT2D eigenvalue weighted by Crippen LogP contribution is -2.03. The van der Waals surface area contributed by atoms with E-state index in [0.717, 1.165) is 12.1 Å². The van der Waals surface area contributed by atoms with Crippen LogP contribution in [0.4, 0.5) is 17.3 Å². The van der Waals surface area contributed by atoms with Crippen LogP contribution < -0.4 is 15.8 Å². The predicted octanol–water partition coefficient (Wildman–Crippen LogP) is 2.30. The molecule has 1 heterocycles. The van der Waals surface area contributed by atoms with Crippen LogP contribution in [0.3, 0.4) is 0 Å². The summed E-state index contributed by atoms with van der Waals surface area (Å²) in [5, 5.41) is 3.24. The summed E-state index contributed by atoms with van der Waals surface area (Å²) in [6, 6.07) is 6.39. The molecule has 1 aromatic heterocycles. The van der Waals surface area contributed by atoms with E-state index in [1.165, 1.54) is 30.3 Å². The van der Waals surface area contributed by atoms with Crippen molar-refractivity contribution in [3.8, 4) is 5.75 Å². The zero-order chi connectivity index (χ0) is 13.2. The summed E-state index contributed by atoms with van der Waals surface area (Å²) in [5.74, 6) is 1.40. The van der Waals surface area contributed by atoms with Crippen LogP contribution in [0.25, 0.3) is 0 Å². The molecule has 0 spiro atoms. The number of methoxy groups -OCH3 is 1. The maximum atomic E-state index is 5.76. The summed E-state index contributed by atoms with van der Waals surface area (Å²) in [6.07, 6.45) is 4.99. The second-order valence-corrected chi connectivity index (χ2v) is 4.60. The van der Waals surface area contributed by atoms with Gasteiger partial charge in [0.25, 0.3) is 0 Å². The van der Waals surface area contributed by atoms with Gasteiger partial charge in [0, 0.05) is 5.69 Å². The zero-order valence-corrected chi connectivity index (χ0v) is 10.8. The van der Waals surface area contributed by atoms with Gasteiger partial charge in [0.2, 0.25) is 5.75 Å². The lowest BCUT2D eigenvalue weighted by atomic mass is 10.1. The number of hydrogen-bond acceptors (Lipinski definition) is 5. The lowest BCUT2D eigenvalue weighted by Gasteiger charge is -2.12. The second kappa shape index (κ2) is 4.76. The van der Waals surface area contributed by atoms with Crippen molar-refractivity contribution in [3.63, 3.8) is 0 Å². The molecule has 0 aliphatic heterocycles. The summed E-state index contributed by atoms with van der Waals surface area (Å²) < 4.78 is 5.23. The fraction of sp³-hybridized carbons (Fsp3) is 0.286. The van der Waals surface area contributed by atoms with Gasteiger partial charge in [0.15, 0.2) is 11.6 Å². The van der Waals surface area contributed by atoms with Gasteiger partial charge in [-0.15, -0.1) is 0 Å². The first-order valence-corrected chi connectivity index (χ1v) is 6.31. The number of rotatable bonds is 3. The largest absolute Gasteiger partial charge is 0.490 e. The van der Waals surface area contributed by atoms with E-state index in [-0.39, 0.29) is 0 Å². The van der Waals surface area contributed by atoms with Gasteiger partial charge in [-0.3, -0.25) is 0 Å². The van der Waals surface area contributed by atoms with Crippen LogP contribution in [0.5, 0.6) is 5.75 Å². The molecule has 19 heavy (non-hydrogen) atoms. The van der Waals surface area contributed by atoms with E-state index in [4.69, 9.17) is 10.5 Å². The molecular formula is C14H16N4O. The second-order valence-electron chi connectivity index (χ2n) is 4.60. The fourth-order valence-electron chi connectivity index (χ4n) is 2.46. The molecular weight excluding hydrogens is 240 g/mol. The Balaban J connectivity index is 1.91. The standard InChI is InChI=1S/C14H16N4O/c1-19-12-13(15)16-8-17-14(12)18-11-6-5-9-3-2-4-10(9)7-11/h5-8H,2-4H2,1H3,(H3,15,16,17,18). The van der Waals surface area contributed by atoms with Gasteiger partial charge in [-0.25, -0.2) is 9.97 Å². The molecule has 0 amide bonds. The third-order valence-electron chi connectivity index (χ3n) is 3.40. The highest BCUT2D eigenvalue weighted by molar-refractivity contribution is 5.68. The summed E-state index contributed by atoms with van der Waals surface area (Å²) in [5.41, 5.74) is 9.61. The van der Waals surface area contributed by atoms with Crippen molar-refractivity contribution >= 4 is 17.3 Å². The topological polar surface area (TPSA) is 73.1 Å². The Kier molecular flexibility index (Phi) is 2.95. The van der Waals surface area contributed by atoms with Crippen LogP contribution in [0, 0.1) is 0 Å². The number of nitrogen functional groups attached to an aromatic ring is 1. The first-order chi connectivity index (χ1) is 9.28. The molecule has 0 fully saturated rings. The smallest absolute Gasteiger partial charge is 0.204 e. The van der Waals surface area contributed by atoms with Crippen LogP contribution in [-0.2, 0) is 12.8 Å². The predicted molar refractivity (Wildman–Crippen MR) is 74.7 cm³/mol. The Hall–Kier alpha value is -2.30. The monoisotopic (exact) mass is 256 g/mol. The molecule has 1 aliphatic rings. The first-order valence-electron chi connectivity index (χ1n) is 6.31. The molecule has 5 nitrogen and oxygen atoms in total. The minimum Gasteiger partial charge on any atom is -0.490 e. The van der Waals surface area contributed by atoms with E-state index in [1.807, 2.05) is 0 Å². The number of anilines is 3. The van der Waals surface area contributed by atoms with E-state index >= 15 is 0 Å². The van der Waals surface area contributed by atoms with Crippen LogP contribution in [-0.4, -0.2) is 17.1 Å². The summed E-state index contributed by atoms with van der Waals surface area (Å²) in [6.45, 7) is 0. The van der Waals surface area contributed by atoms with Crippen molar-refractivity contribution in [2.75, 3.05) is 18.2 Å². The molecule has 3 rings (SSSR count). The van der Waals surface area contributed by atoms with Crippen molar-refractivity contribution in [1.82, 2.24) is 9.97 Å². The molecule has 3 N–H and O–H groups in total. The van der Waals surface area contributed by atoms with Crippen LogP contribution in [0.15, 0.2) is 24.5 Å². The number of aryl methyl sites for hydroxylation is 2. The maximum absolute atomic E-state index is 5.76. The SMILES string of the molecule is COc1c(N)ncnc1Nc1ccc2c(c1)CCC2. The molecule has 0 saturated heterocycles. The van der Waals surface area contributed by atoms with E-state index in [9.17, 15) is 0 Å². The Bertz CT molecular complexity index is 612. The number of nitrogens with zero attached hydrogens (tertiary/aromatic N) is 2. The number of nitrogens with one attached hydrogen (secondary N) is 1. The van der Waals surface area contributed by atoms with Gasteiger partial charge in [-0.2, -0.15) is 0 Å². The minimum atomic E-state index is 0.334. The van der Waals surface area contributed by atoms with E-state index < -0.39 is 0 Å². The molecule has 0 bridgehead atoms. The van der Waals surface area contributed by atoms with Crippen molar-refractivity contribution in [2.45, 2.75) is 19.3 Å². The molecule has 0 radical (unpaired) electrons. The maximum Gasteiger partial charge on any atom is 0.204 e. The van der Waals surface area contributed by atoms with Gasteiger partial charge in [0.05, 0.1) is 7.11 Å². The van der Waals surface area contributed by atoms with Crippen LogP contribution in [0.1, 0.15) is 17.5 Å². The van der Waals surface area contributed by atoms with Crippen molar-refractivity contribution < 1.29 is 4.74 Å². The van der Waals surface area contributed by atoms with E-state index in [1.54, 1.807) is 7.11 Å². The highest BCUT2D eigenvalue weighted by atomic mass is 16.5. The fourth-order valence-corrected chi connectivity index (χ4v) is 2.46. The van der Waals surface area contributed by atoms with E-state index in [0.29, 0.717) is 17.4 Å². The third-order valence-corrected chi connectivity index (χ3v) is 3.40. The Morgan fingerprint density at radius 1 is 1.21 bits per heavy atom. The number of benzene rings is 1. The Labute approximate surface area is 111 Å². The number of nitrogens with two attached hydrogens (primary N) is 1. The molecule has 1 aliphatic carbocycles. The number of ether oxygens (including phenoxy) is 1. The highest BCUT2D eigenvalue weighted by Crippen LogP contribution is 2.31. The number of aromatic nitrogens is 2. The van der Waals surface area contributed by atoms with Gasteiger partial charge in [0.1, 0.15) is 6.33 Å². The summed E-state index contributed by atoms with van der Waals surface area (Å²) >= 11 is 0. The minimum absolute atomic E-state index is 0.334. The Morgan fingerprint density at radius 2 is 2.05 bits per heavy atom. The zero-order valence-electron chi connectivity index (χ0n) is 10.8. The van der Waals surface area contributed by atoms with Crippen molar-refractivity contribution in [2.24, 2.45) is 0 Å². The van der Waals surface area contributed by atoms with Crippen molar-refractivity contribution in [3.05, 3.63) is 35.7 Å². The molecule has 1 aromatic carbocycles. The number of fused-ring (bicyclic) bond motifs is 1. The summed E-state index contributed by atoms with van der Waals surface area (Å²) in [4.78, 5) is 8.08. The van der Waals surface area contributed by atoms with Gasteiger partial charge < -0.3 is 15.8 Å². The van der Waals surface area contributed by atoms with Gasteiger partial charge >= 0.3 is 0 Å². The molecule has 5 heteroatoms. The Morgan fingerprint density at radius 3 is 2.89 bits per heavy atom. The normalized spacial score (nSPS) is 13.1. The third kappa shape index (κ3) is 2.19. The molecule has 0 atom stereocenters. The van der Waals surface area contributed by atoms with Crippen molar-refractivity contribution in [1.29, 1.82) is 0 Å².